The highest BCUT2D eigenvalue weighted by Gasteiger charge is 2.08. The number of nitrogens with zero attached hydrogens (tertiary/aromatic N) is 1. The van der Waals surface area contributed by atoms with Crippen molar-refractivity contribution >= 4 is 11.8 Å². The van der Waals surface area contributed by atoms with Gasteiger partial charge in [-0.1, -0.05) is 0 Å². The van der Waals surface area contributed by atoms with Crippen LogP contribution in [0.1, 0.15) is 0 Å². The van der Waals surface area contributed by atoms with E-state index in [9.17, 15) is 0 Å². The van der Waals surface area contributed by atoms with Gasteiger partial charge in [0.2, 0.25) is 0 Å². The van der Waals surface area contributed by atoms with Crippen molar-refractivity contribution in [3.05, 3.63) is 0 Å². The van der Waals surface area contributed by atoms with Gasteiger partial charge in [-0.25, -0.2) is 0 Å². The van der Waals surface area contributed by atoms with E-state index in [0.29, 0.717) is 0 Å². The number of hydrogen-bond donors (Lipinski definition) is 0. The van der Waals surface area contributed by atoms with Gasteiger partial charge in [0.15, 0.2) is 0 Å². The maximum Gasteiger partial charge on any atom is 0.0589 e. The second-order valence-corrected chi connectivity index (χ2v) is 3.67. The average molecular weight is 161 g/mol. The quantitative estimate of drug-likeness (QED) is 0.604. The number of thioether (sulfide) groups is 1. The molecule has 1 aliphatic heterocycles. The summed E-state index contributed by atoms with van der Waals surface area (Å²) in [7, 11) is 1.76. The summed E-state index contributed by atoms with van der Waals surface area (Å²) in [5.41, 5.74) is 0. The topological polar surface area (TPSA) is 12.5 Å². The lowest BCUT2D eigenvalue weighted by Crippen LogP contribution is -2.34. The van der Waals surface area contributed by atoms with Crippen molar-refractivity contribution in [3.63, 3.8) is 0 Å². The smallest absolute Gasteiger partial charge is 0.0589 e. The largest absolute Gasteiger partial charge is 0.383 e. The lowest BCUT2D eigenvalue weighted by atomic mass is 10.5. The predicted octanol–water partition coefficient (Wildman–Crippen LogP) is 0.682. The number of hydrogen-bond acceptors (Lipinski definition) is 3. The van der Waals surface area contributed by atoms with Crippen molar-refractivity contribution in [2.45, 2.75) is 0 Å². The number of rotatable bonds is 3. The first-order valence-corrected chi connectivity index (χ1v) is 4.88. The van der Waals surface area contributed by atoms with Crippen LogP contribution < -0.4 is 0 Å². The molecule has 0 aromatic rings. The zero-order chi connectivity index (χ0) is 7.23. The highest BCUT2D eigenvalue weighted by atomic mass is 32.2. The molecule has 0 aliphatic carbocycles. The summed E-state index contributed by atoms with van der Waals surface area (Å²) in [5, 5.41) is 0. The summed E-state index contributed by atoms with van der Waals surface area (Å²) in [6.45, 7) is 4.48. The van der Waals surface area contributed by atoms with E-state index in [1.165, 1.54) is 24.6 Å². The summed E-state index contributed by atoms with van der Waals surface area (Å²) < 4.78 is 5.00. The lowest BCUT2D eigenvalue weighted by molar-refractivity contribution is 0.154. The molecule has 0 unspecified atom stereocenters. The van der Waals surface area contributed by atoms with E-state index >= 15 is 0 Å². The third kappa shape index (κ3) is 2.90. The van der Waals surface area contributed by atoms with Gasteiger partial charge in [-0.05, 0) is 0 Å². The van der Waals surface area contributed by atoms with E-state index in [4.69, 9.17) is 4.74 Å². The molecule has 0 N–H and O–H groups in total. The molecule has 0 aromatic carbocycles. The summed E-state index contributed by atoms with van der Waals surface area (Å²) in [6, 6.07) is 0. The maximum absolute atomic E-state index is 5.00. The lowest BCUT2D eigenvalue weighted by Gasteiger charge is -2.25. The zero-order valence-corrected chi connectivity index (χ0v) is 7.32. The molecule has 0 radical (unpaired) electrons. The molecule has 60 valence electrons. The van der Waals surface area contributed by atoms with Gasteiger partial charge in [-0.3, -0.25) is 4.90 Å². The molecule has 0 amide bonds. The van der Waals surface area contributed by atoms with Crippen LogP contribution in [0.5, 0.6) is 0 Å². The van der Waals surface area contributed by atoms with Crippen molar-refractivity contribution in [1.29, 1.82) is 0 Å². The summed E-state index contributed by atoms with van der Waals surface area (Å²) in [5.74, 6) is 2.59. The van der Waals surface area contributed by atoms with Gasteiger partial charge in [-0.15, -0.1) is 0 Å². The molecule has 1 fully saturated rings. The second-order valence-electron chi connectivity index (χ2n) is 2.45. The van der Waals surface area contributed by atoms with Crippen LogP contribution in [-0.2, 0) is 4.74 Å². The van der Waals surface area contributed by atoms with Crippen molar-refractivity contribution in [2.75, 3.05) is 44.9 Å². The van der Waals surface area contributed by atoms with Crippen LogP contribution in [0.4, 0.5) is 0 Å². The van der Waals surface area contributed by atoms with Crippen LogP contribution in [-0.4, -0.2) is 49.8 Å². The van der Waals surface area contributed by atoms with Gasteiger partial charge < -0.3 is 4.74 Å². The molecule has 0 bridgehead atoms. The van der Waals surface area contributed by atoms with Crippen molar-refractivity contribution in [3.8, 4) is 0 Å². The molecule has 0 saturated carbocycles. The predicted molar refractivity (Wildman–Crippen MR) is 45.6 cm³/mol. The SMILES string of the molecule is COCCN1CCSCC1. The van der Waals surface area contributed by atoms with Gasteiger partial charge in [0.1, 0.15) is 0 Å². The van der Waals surface area contributed by atoms with E-state index in [-0.39, 0.29) is 0 Å². The van der Waals surface area contributed by atoms with Gasteiger partial charge in [-0.2, -0.15) is 11.8 Å². The fourth-order valence-corrected chi connectivity index (χ4v) is 2.02. The van der Waals surface area contributed by atoms with Crippen LogP contribution in [0.25, 0.3) is 0 Å². The van der Waals surface area contributed by atoms with Crippen LogP contribution in [0.3, 0.4) is 0 Å². The Kier molecular flexibility index (Phi) is 4.18. The Morgan fingerprint density at radius 3 is 2.70 bits per heavy atom. The first-order valence-electron chi connectivity index (χ1n) is 3.72. The fraction of sp³-hybridized carbons (Fsp3) is 1.00. The van der Waals surface area contributed by atoms with E-state index in [1.807, 2.05) is 11.8 Å². The first-order chi connectivity index (χ1) is 4.93. The van der Waals surface area contributed by atoms with Crippen LogP contribution in [0.15, 0.2) is 0 Å². The third-order valence-corrected chi connectivity index (χ3v) is 2.66. The molecular formula is C7H15NOS. The minimum Gasteiger partial charge on any atom is -0.383 e. The van der Waals surface area contributed by atoms with E-state index in [0.717, 1.165) is 13.2 Å². The maximum atomic E-state index is 5.00. The first kappa shape index (κ1) is 8.37. The zero-order valence-electron chi connectivity index (χ0n) is 6.51. The fourth-order valence-electron chi connectivity index (χ4n) is 1.05. The molecule has 10 heavy (non-hydrogen) atoms. The Bertz CT molecular complexity index is 83.7. The molecule has 0 spiro atoms. The van der Waals surface area contributed by atoms with Crippen LogP contribution in [0, 0.1) is 0 Å². The normalized spacial score (nSPS) is 21.3. The summed E-state index contributed by atoms with van der Waals surface area (Å²) in [4.78, 5) is 2.46. The highest BCUT2D eigenvalue weighted by molar-refractivity contribution is 7.99. The van der Waals surface area contributed by atoms with E-state index < -0.39 is 0 Å². The Labute approximate surface area is 66.9 Å². The molecule has 1 heterocycles. The van der Waals surface area contributed by atoms with Gasteiger partial charge >= 0.3 is 0 Å². The second kappa shape index (κ2) is 4.99. The molecule has 1 aliphatic rings. The van der Waals surface area contributed by atoms with Crippen molar-refractivity contribution in [1.82, 2.24) is 4.90 Å². The summed E-state index contributed by atoms with van der Waals surface area (Å²) in [6.07, 6.45) is 0. The molecule has 1 rings (SSSR count). The Morgan fingerprint density at radius 2 is 2.10 bits per heavy atom. The monoisotopic (exact) mass is 161 g/mol. The molecule has 0 atom stereocenters. The average Bonchev–Trinajstić information content (AvgIpc) is 2.03. The standard InChI is InChI=1S/C7H15NOS/c1-9-5-2-8-3-6-10-7-4-8/h2-7H2,1H3. The number of methoxy groups -OCH3 is 1. The van der Waals surface area contributed by atoms with Crippen molar-refractivity contribution < 1.29 is 4.74 Å². The van der Waals surface area contributed by atoms with Crippen LogP contribution in [0.2, 0.25) is 0 Å². The number of ether oxygens (including phenoxy) is 1. The highest BCUT2D eigenvalue weighted by Crippen LogP contribution is 2.07. The van der Waals surface area contributed by atoms with Gasteiger partial charge in [0.25, 0.3) is 0 Å². The van der Waals surface area contributed by atoms with Crippen molar-refractivity contribution in [2.24, 2.45) is 0 Å². The van der Waals surface area contributed by atoms with E-state index in [2.05, 4.69) is 4.90 Å². The Balaban J connectivity index is 2.02. The molecule has 0 aromatic heterocycles. The summed E-state index contributed by atoms with van der Waals surface area (Å²) >= 11 is 2.05. The Hall–Kier alpha value is 0.270. The molecule has 1 saturated heterocycles. The molecular weight excluding hydrogens is 146 g/mol. The van der Waals surface area contributed by atoms with E-state index in [1.54, 1.807) is 7.11 Å². The minimum absolute atomic E-state index is 0.880. The molecule has 2 nitrogen and oxygen atoms in total. The minimum atomic E-state index is 0.880. The third-order valence-electron chi connectivity index (χ3n) is 1.72. The Morgan fingerprint density at radius 1 is 1.40 bits per heavy atom. The van der Waals surface area contributed by atoms with Crippen LogP contribution >= 0.6 is 11.8 Å². The van der Waals surface area contributed by atoms with Gasteiger partial charge in [0, 0.05) is 38.2 Å². The molecule has 3 heteroatoms. The van der Waals surface area contributed by atoms with Gasteiger partial charge in [0.05, 0.1) is 6.61 Å².